The van der Waals surface area contributed by atoms with Crippen LogP contribution >= 0.6 is 0 Å². The Hall–Kier alpha value is -3.03. The predicted molar refractivity (Wildman–Crippen MR) is 96.0 cm³/mol. The first-order chi connectivity index (χ1) is 12.5. The second-order valence-corrected chi connectivity index (χ2v) is 6.47. The van der Waals surface area contributed by atoms with Gasteiger partial charge in [-0.2, -0.15) is 4.98 Å². The lowest BCUT2D eigenvalue weighted by Gasteiger charge is -2.09. The van der Waals surface area contributed by atoms with Crippen LogP contribution in [0.15, 0.2) is 35.4 Å². The summed E-state index contributed by atoms with van der Waals surface area (Å²) in [6.07, 6.45) is 5.75. The van der Waals surface area contributed by atoms with Crippen molar-refractivity contribution in [1.29, 1.82) is 0 Å². The number of hydrogen-bond donors (Lipinski definition) is 1. The maximum Gasteiger partial charge on any atom is 0.271 e. The molecule has 0 radical (unpaired) electrons. The van der Waals surface area contributed by atoms with E-state index >= 15 is 0 Å². The van der Waals surface area contributed by atoms with E-state index in [0.717, 1.165) is 12.0 Å². The van der Waals surface area contributed by atoms with E-state index in [4.69, 9.17) is 4.52 Å². The number of carbonyl (C=O) groups excluding carboxylic acids is 1. The molecule has 136 valence electrons. The van der Waals surface area contributed by atoms with Crippen LogP contribution in [0.3, 0.4) is 0 Å². The summed E-state index contributed by atoms with van der Waals surface area (Å²) in [5.74, 6) is 1.75. The van der Waals surface area contributed by atoms with Gasteiger partial charge in [0.25, 0.3) is 11.8 Å². The molecule has 8 nitrogen and oxygen atoms in total. The van der Waals surface area contributed by atoms with Crippen molar-refractivity contribution in [2.45, 2.75) is 46.1 Å². The Labute approximate surface area is 151 Å². The van der Waals surface area contributed by atoms with Crippen LogP contribution in [-0.2, 0) is 0 Å². The molecule has 3 heterocycles. The minimum Gasteiger partial charge on any atom is -0.348 e. The predicted octanol–water partition coefficient (Wildman–Crippen LogP) is 2.97. The van der Waals surface area contributed by atoms with Gasteiger partial charge in [-0.05, 0) is 25.5 Å². The van der Waals surface area contributed by atoms with Crippen LogP contribution in [0.5, 0.6) is 0 Å². The molecule has 1 N–H and O–H groups in total. The summed E-state index contributed by atoms with van der Waals surface area (Å²) in [4.78, 5) is 25.0. The first kappa shape index (κ1) is 17.8. The third kappa shape index (κ3) is 3.79. The lowest BCUT2D eigenvalue weighted by molar-refractivity contribution is 0.0934. The van der Waals surface area contributed by atoms with E-state index in [1.54, 1.807) is 23.3 Å². The van der Waals surface area contributed by atoms with Gasteiger partial charge < -0.3 is 9.84 Å². The summed E-state index contributed by atoms with van der Waals surface area (Å²) in [6.45, 7) is 7.98. The number of hydrogen-bond acceptors (Lipinski definition) is 6. The Balaban J connectivity index is 1.75. The summed E-state index contributed by atoms with van der Waals surface area (Å²) in [5.41, 5.74) is 1.10. The van der Waals surface area contributed by atoms with E-state index in [1.165, 1.54) is 0 Å². The number of nitrogens with zero attached hydrogens (tertiary/aromatic N) is 5. The average Bonchev–Trinajstić information content (AvgIpc) is 3.31. The summed E-state index contributed by atoms with van der Waals surface area (Å²) in [5, 5.41) is 6.84. The lowest BCUT2D eigenvalue weighted by atomic mass is 10.2. The molecule has 0 aromatic carbocycles. The molecule has 3 aromatic heterocycles. The minimum absolute atomic E-state index is 0.107. The molecule has 3 rings (SSSR count). The van der Waals surface area contributed by atoms with E-state index in [2.05, 4.69) is 25.4 Å². The van der Waals surface area contributed by atoms with Gasteiger partial charge in [-0.3, -0.25) is 9.36 Å². The normalized spacial score (nSPS) is 12.3. The third-order valence-corrected chi connectivity index (χ3v) is 4.02. The van der Waals surface area contributed by atoms with Gasteiger partial charge in [0.2, 0.25) is 0 Å². The maximum atomic E-state index is 12.1. The van der Waals surface area contributed by atoms with Crippen molar-refractivity contribution in [1.82, 2.24) is 30.0 Å². The average molecular weight is 354 g/mol. The topological polar surface area (TPSA) is 98.7 Å². The number of rotatable bonds is 6. The van der Waals surface area contributed by atoms with Gasteiger partial charge in [-0.15, -0.1) is 0 Å². The van der Waals surface area contributed by atoms with Crippen molar-refractivity contribution in [2.75, 3.05) is 0 Å². The Kier molecular flexibility index (Phi) is 5.11. The molecular formula is C18H22N6O2. The SMILES string of the molecule is CCC(C)NC(=O)c1cn(-c2ccc(-c3nc(C(C)C)no3)cn2)cn1. The minimum atomic E-state index is -0.193. The molecular weight excluding hydrogens is 332 g/mol. The molecule has 0 saturated heterocycles. The third-order valence-electron chi connectivity index (χ3n) is 4.02. The summed E-state index contributed by atoms with van der Waals surface area (Å²) in [7, 11) is 0. The summed E-state index contributed by atoms with van der Waals surface area (Å²) in [6, 6.07) is 3.76. The molecule has 0 bridgehead atoms. The van der Waals surface area contributed by atoms with E-state index in [0.29, 0.717) is 23.2 Å². The quantitative estimate of drug-likeness (QED) is 0.731. The van der Waals surface area contributed by atoms with Crippen LogP contribution in [0.4, 0.5) is 0 Å². The smallest absolute Gasteiger partial charge is 0.271 e. The second kappa shape index (κ2) is 7.47. The molecule has 0 fully saturated rings. The number of pyridine rings is 1. The first-order valence-corrected chi connectivity index (χ1v) is 8.63. The first-order valence-electron chi connectivity index (χ1n) is 8.63. The zero-order valence-electron chi connectivity index (χ0n) is 15.3. The van der Waals surface area contributed by atoms with Gasteiger partial charge in [0.05, 0.1) is 5.56 Å². The fourth-order valence-corrected chi connectivity index (χ4v) is 2.22. The van der Waals surface area contributed by atoms with Crippen LogP contribution in [0.25, 0.3) is 17.3 Å². The standard InChI is InChI=1S/C18H22N6O2/c1-5-12(4)21-17(25)14-9-24(10-20-14)15-7-6-13(8-19-15)18-22-16(11(2)3)23-26-18/h6-12H,5H2,1-4H3,(H,21,25). The van der Waals surface area contributed by atoms with Crippen molar-refractivity contribution in [3.8, 4) is 17.3 Å². The molecule has 26 heavy (non-hydrogen) atoms. The zero-order valence-corrected chi connectivity index (χ0v) is 15.3. The molecule has 1 amide bonds. The molecule has 0 spiro atoms. The Morgan fingerprint density at radius 3 is 2.69 bits per heavy atom. The highest BCUT2D eigenvalue weighted by atomic mass is 16.5. The number of nitrogens with one attached hydrogen (secondary N) is 1. The maximum absolute atomic E-state index is 12.1. The van der Waals surface area contributed by atoms with Gasteiger partial charge in [-0.25, -0.2) is 9.97 Å². The van der Waals surface area contributed by atoms with Gasteiger partial charge in [0.15, 0.2) is 5.82 Å². The van der Waals surface area contributed by atoms with Crippen LogP contribution in [0, 0.1) is 0 Å². The summed E-state index contributed by atoms with van der Waals surface area (Å²) >= 11 is 0. The van der Waals surface area contributed by atoms with E-state index in [-0.39, 0.29) is 17.9 Å². The van der Waals surface area contributed by atoms with Crippen LogP contribution in [0.2, 0.25) is 0 Å². The number of aromatic nitrogens is 5. The Morgan fingerprint density at radius 2 is 2.08 bits per heavy atom. The fourth-order valence-electron chi connectivity index (χ4n) is 2.22. The molecule has 8 heteroatoms. The molecule has 0 aliphatic rings. The second-order valence-electron chi connectivity index (χ2n) is 6.47. The molecule has 0 aliphatic heterocycles. The number of amides is 1. The fraction of sp³-hybridized carbons (Fsp3) is 0.389. The van der Waals surface area contributed by atoms with E-state index in [1.807, 2.05) is 39.8 Å². The van der Waals surface area contributed by atoms with Crippen molar-refractivity contribution in [3.63, 3.8) is 0 Å². The molecule has 0 saturated carbocycles. The molecule has 0 aliphatic carbocycles. The van der Waals surface area contributed by atoms with E-state index in [9.17, 15) is 4.79 Å². The highest BCUT2D eigenvalue weighted by Gasteiger charge is 2.14. The van der Waals surface area contributed by atoms with Crippen LogP contribution in [-0.4, -0.2) is 36.6 Å². The lowest BCUT2D eigenvalue weighted by Crippen LogP contribution is -2.32. The highest BCUT2D eigenvalue weighted by molar-refractivity contribution is 5.92. The van der Waals surface area contributed by atoms with E-state index < -0.39 is 0 Å². The van der Waals surface area contributed by atoms with Gasteiger partial charge >= 0.3 is 0 Å². The van der Waals surface area contributed by atoms with Crippen LogP contribution < -0.4 is 5.32 Å². The zero-order chi connectivity index (χ0) is 18.7. The highest BCUT2D eigenvalue weighted by Crippen LogP contribution is 2.20. The van der Waals surface area contributed by atoms with Gasteiger partial charge in [-0.1, -0.05) is 25.9 Å². The van der Waals surface area contributed by atoms with Crippen molar-refractivity contribution in [2.24, 2.45) is 0 Å². The summed E-state index contributed by atoms with van der Waals surface area (Å²) < 4.78 is 6.96. The number of imidazole rings is 1. The Bertz CT molecular complexity index is 881. The number of carbonyl (C=O) groups is 1. The Morgan fingerprint density at radius 1 is 1.27 bits per heavy atom. The van der Waals surface area contributed by atoms with Crippen molar-refractivity contribution < 1.29 is 9.32 Å². The van der Waals surface area contributed by atoms with Crippen molar-refractivity contribution in [3.05, 3.63) is 42.4 Å². The molecule has 3 aromatic rings. The van der Waals surface area contributed by atoms with Gasteiger partial charge in [0, 0.05) is 24.4 Å². The molecule has 1 unspecified atom stereocenters. The molecule has 1 atom stereocenters. The van der Waals surface area contributed by atoms with Crippen molar-refractivity contribution >= 4 is 5.91 Å². The largest absolute Gasteiger partial charge is 0.348 e. The van der Waals surface area contributed by atoms with Gasteiger partial charge in [0.1, 0.15) is 17.8 Å². The van der Waals surface area contributed by atoms with Crippen LogP contribution in [0.1, 0.15) is 56.3 Å². The monoisotopic (exact) mass is 354 g/mol.